The second kappa shape index (κ2) is 4.65. The molecular formula is C16H20N2O. The molecule has 0 fully saturated rings. The Morgan fingerprint density at radius 2 is 1.68 bits per heavy atom. The average molecular weight is 256 g/mol. The van der Waals surface area contributed by atoms with E-state index >= 15 is 0 Å². The molecular weight excluding hydrogens is 236 g/mol. The summed E-state index contributed by atoms with van der Waals surface area (Å²) in [7, 11) is 0. The standard InChI is InChI=1S/C16H20N2O/c1-11-10-12(2)18(17-11)15(19)13-6-8-14(9-7-13)16(3,4)5/h6-10H,1-5H3. The van der Waals surface area contributed by atoms with Gasteiger partial charge in [0.1, 0.15) is 0 Å². The van der Waals surface area contributed by atoms with Crippen LogP contribution in [0.2, 0.25) is 0 Å². The molecule has 0 bridgehead atoms. The van der Waals surface area contributed by atoms with Gasteiger partial charge in [-0.2, -0.15) is 5.10 Å². The summed E-state index contributed by atoms with van der Waals surface area (Å²) in [6.07, 6.45) is 0. The van der Waals surface area contributed by atoms with E-state index in [1.165, 1.54) is 10.2 Å². The largest absolute Gasteiger partial charge is 0.278 e. The fourth-order valence-electron chi connectivity index (χ4n) is 2.07. The highest BCUT2D eigenvalue weighted by atomic mass is 16.2. The van der Waals surface area contributed by atoms with E-state index < -0.39 is 0 Å². The van der Waals surface area contributed by atoms with E-state index in [0.29, 0.717) is 5.56 Å². The zero-order valence-corrected chi connectivity index (χ0v) is 12.2. The van der Waals surface area contributed by atoms with Crippen molar-refractivity contribution in [2.24, 2.45) is 0 Å². The molecule has 0 atom stereocenters. The molecule has 2 rings (SSSR count). The minimum Gasteiger partial charge on any atom is -0.267 e. The van der Waals surface area contributed by atoms with Gasteiger partial charge in [0.15, 0.2) is 0 Å². The molecule has 3 heteroatoms. The van der Waals surface area contributed by atoms with Gasteiger partial charge >= 0.3 is 0 Å². The first-order valence-corrected chi connectivity index (χ1v) is 6.47. The van der Waals surface area contributed by atoms with E-state index in [-0.39, 0.29) is 11.3 Å². The maximum atomic E-state index is 12.3. The van der Waals surface area contributed by atoms with Crippen molar-refractivity contribution in [2.45, 2.75) is 40.0 Å². The third-order valence-corrected chi connectivity index (χ3v) is 3.20. The van der Waals surface area contributed by atoms with Crippen molar-refractivity contribution in [3.05, 3.63) is 52.8 Å². The zero-order valence-electron chi connectivity index (χ0n) is 12.2. The van der Waals surface area contributed by atoms with Crippen LogP contribution in [0.1, 0.15) is 48.1 Å². The average Bonchev–Trinajstić information content (AvgIpc) is 2.66. The van der Waals surface area contributed by atoms with Crippen LogP contribution in [-0.2, 0) is 5.41 Å². The van der Waals surface area contributed by atoms with Crippen molar-refractivity contribution in [1.29, 1.82) is 0 Å². The van der Waals surface area contributed by atoms with Crippen molar-refractivity contribution in [3.8, 4) is 0 Å². The van der Waals surface area contributed by atoms with Gasteiger partial charge in [-0.05, 0) is 43.0 Å². The van der Waals surface area contributed by atoms with Gasteiger partial charge in [0.2, 0.25) is 0 Å². The molecule has 100 valence electrons. The van der Waals surface area contributed by atoms with Crippen LogP contribution in [0.5, 0.6) is 0 Å². The first kappa shape index (κ1) is 13.5. The van der Waals surface area contributed by atoms with Crippen LogP contribution < -0.4 is 0 Å². The van der Waals surface area contributed by atoms with Gasteiger partial charge in [0.05, 0.1) is 5.69 Å². The predicted molar refractivity (Wildman–Crippen MR) is 76.6 cm³/mol. The Morgan fingerprint density at radius 1 is 1.11 bits per heavy atom. The molecule has 0 radical (unpaired) electrons. The lowest BCUT2D eigenvalue weighted by atomic mass is 9.87. The second-order valence-electron chi connectivity index (χ2n) is 5.97. The number of rotatable bonds is 1. The van der Waals surface area contributed by atoms with Crippen molar-refractivity contribution in [3.63, 3.8) is 0 Å². The molecule has 0 saturated heterocycles. The quantitative estimate of drug-likeness (QED) is 0.783. The molecule has 2 aromatic rings. The molecule has 0 saturated carbocycles. The minimum absolute atomic E-state index is 0.0777. The number of benzene rings is 1. The fourth-order valence-corrected chi connectivity index (χ4v) is 2.07. The molecule has 1 aromatic heterocycles. The number of aromatic nitrogens is 2. The summed E-state index contributed by atoms with van der Waals surface area (Å²) in [5, 5.41) is 4.22. The number of hydrogen-bond acceptors (Lipinski definition) is 2. The smallest absolute Gasteiger partial charge is 0.267 e. The number of aryl methyl sites for hydroxylation is 2. The van der Waals surface area contributed by atoms with E-state index in [1.54, 1.807) is 0 Å². The Bertz CT molecular complexity index is 601. The van der Waals surface area contributed by atoms with E-state index in [0.717, 1.165) is 11.4 Å². The topological polar surface area (TPSA) is 34.9 Å². The van der Waals surface area contributed by atoms with Crippen LogP contribution in [0.15, 0.2) is 30.3 Å². The SMILES string of the molecule is Cc1cc(C)n(C(=O)c2ccc(C(C)(C)C)cc2)n1. The van der Waals surface area contributed by atoms with Gasteiger partial charge in [-0.1, -0.05) is 32.9 Å². The van der Waals surface area contributed by atoms with Crippen molar-refractivity contribution in [1.82, 2.24) is 9.78 Å². The molecule has 1 heterocycles. The van der Waals surface area contributed by atoms with Gasteiger partial charge in [-0.3, -0.25) is 4.79 Å². The van der Waals surface area contributed by atoms with Crippen molar-refractivity contribution in [2.75, 3.05) is 0 Å². The van der Waals surface area contributed by atoms with Crippen molar-refractivity contribution < 1.29 is 4.79 Å². The summed E-state index contributed by atoms with van der Waals surface area (Å²) in [6.45, 7) is 10.3. The van der Waals surface area contributed by atoms with Gasteiger partial charge in [-0.25, -0.2) is 4.68 Å². The molecule has 0 unspecified atom stereocenters. The van der Waals surface area contributed by atoms with Gasteiger partial charge in [-0.15, -0.1) is 0 Å². The van der Waals surface area contributed by atoms with Crippen LogP contribution in [0.3, 0.4) is 0 Å². The van der Waals surface area contributed by atoms with Gasteiger partial charge in [0.25, 0.3) is 5.91 Å². The lowest BCUT2D eigenvalue weighted by Gasteiger charge is -2.19. The van der Waals surface area contributed by atoms with Gasteiger partial charge < -0.3 is 0 Å². The Kier molecular flexibility index (Phi) is 3.31. The number of carbonyl (C=O) groups excluding carboxylic acids is 1. The summed E-state index contributed by atoms with van der Waals surface area (Å²) in [6, 6.07) is 9.68. The highest BCUT2D eigenvalue weighted by Crippen LogP contribution is 2.22. The van der Waals surface area contributed by atoms with Crippen LogP contribution >= 0.6 is 0 Å². The summed E-state index contributed by atoms with van der Waals surface area (Å²) in [5.74, 6) is -0.0777. The lowest BCUT2D eigenvalue weighted by molar-refractivity contribution is 0.0942. The third kappa shape index (κ3) is 2.75. The fraction of sp³-hybridized carbons (Fsp3) is 0.375. The third-order valence-electron chi connectivity index (χ3n) is 3.20. The minimum atomic E-state index is -0.0777. The molecule has 0 aliphatic rings. The normalized spacial score (nSPS) is 11.6. The lowest BCUT2D eigenvalue weighted by Crippen LogP contribution is -2.16. The summed E-state index contributed by atoms with van der Waals surface area (Å²) in [5.41, 5.74) is 3.70. The predicted octanol–water partition coefficient (Wildman–Crippen LogP) is 3.49. The van der Waals surface area contributed by atoms with Crippen LogP contribution in [-0.4, -0.2) is 15.7 Å². The van der Waals surface area contributed by atoms with Gasteiger partial charge in [0, 0.05) is 11.3 Å². The summed E-state index contributed by atoms with van der Waals surface area (Å²) >= 11 is 0. The van der Waals surface area contributed by atoms with E-state index in [9.17, 15) is 4.79 Å². The maximum absolute atomic E-state index is 12.3. The maximum Gasteiger partial charge on any atom is 0.278 e. The van der Waals surface area contributed by atoms with E-state index in [1.807, 2.05) is 44.2 Å². The first-order valence-electron chi connectivity index (χ1n) is 6.47. The van der Waals surface area contributed by atoms with Crippen LogP contribution in [0.25, 0.3) is 0 Å². The number of hydrogen-bond donors (Lipinski definition) is 0. The Morgan fingerprint density at radius 3 is 2.11 bits per heavy atom. The van der Waals surface area contributed by atoms with E-state index in [2.05, 4.69) is 25.9 Å². The summed E-state index contributed by atoms with van der Waals surface area (Å²) in [4.78, 5) is 12.3. The number of carbonyl (C=O) groups is 1. The molecule has 0 spiro atoms. The molecule has 0 N–H and O–H groups in total. The van der Waals surface area contributed by atoms with Crippen LogP contribution in [0.4, 0.5) is 0 Å². The molecule has 0 aliphatic carbocycles. The highest BCUT2D eigenvalue weighted by Gasteiger charge is 2.16. The highest BCUT2D eigenvalue weighted by molar-refractivity contribution is 5.95. The molecule has 0 amide bonds. The Balaban J connectivity index is 2.33. The Labute approximate surface area is 114 Å². The molecule has 3 nitrogen and oxygen atoms in total. The second-order valence-corrected chi connectivity index (χ2v) is 5.97. The molecule has 19 heavy (non-hydrogen) atoms. The van der Waals surface area contributed by atoms with Crippen molar-refractivity contribution >= 4 is 5.91 Å². The van der Waals surface area contributed by atoms with Crippen LogP contribution in [0, 0.1) is 13.8 Å². The molecule has 0 aliphatic heterocycles. The molecule has 1 aromatic carbocycles. The first-order chi connectivity index (χ1) is 8.79. The summed E-state index contributed by atoms with van der Waals surface area (Å²) < 4.78 is 1.46. The zero-order chi connectivity index (χ0) is 14.2. The number of nitrogens with zero attached hydrogens (tertiary/aromatic N) is 2. The Hall–Kier alpha value is -1.90. The monoisotopic (exact) mass is 256 g/mol. The van der Waals surface area contributed by atoms with E-state index in [4.69, 9.17) is 0 Å².